The molecule has 0 saturated carbocycles. The van der Waals surface area contributed by atoms with Gasteiger partial charge in [-0.15, -0.1) is 0 Å². The van der Waals surface area contributed by atoms with Crippen molar-refractivity contribution in [2.75, 3.05) is 27.2 Å². The number of aryl methyl sites for hydroxylation is 1. The van der Waals surface area contributed by atoms with Gasteiger partial charge in [0.15, 0.2) is 0 Å². The molecule has 0 aliphatic heterocycles. The van der Waals surface area contributed by atoms with E-state index < -0.39 is 0 Å². The van der Waals surface area contributed by atoms with Crippen LogP contribution in [0.25, 0.3) is 0 Å². The molecule has 0 spiro atoms. The zero-order valence-corrected chi connectivity index (χ0v) is 12.2. The fourth-order valence-corrected chi connectivity index (χ4v) is 1.73. The standard InChI is InChI=1S/C13H19BrN2O/c1-10-9-11(5-6-12(10)14)13(17)15-7-4-8-16(2)3/h5-6,9H,4,7-8H2,1-3H3,(H,15,17). The Bertz CT molecular complexity index is 391. The van der Waals surface area contributed by atoms with Gasteiger partial charge in [0.05, 0.1) is 0 Å². The summed E-state index contributed by atoms with van der Waals surface area (Å²) in [6.45, 7) is 3.68. The van der Waals surface area contributed by atoms with Crippen molar-refractivity contribution in [3.63, 3.8) is 0 Å². The van der Waals surface area contributed by atoms with Gasteiger partial charge in [0.1, 0.15) is 0 Å². The number of hydrogen-bond acceptors (Lipinski definition) is 2. The molecule has 0 heterocycles. The first kappa shape index (κ1) is 14.2. The molecule has 0 aliphatic carbocycles. The van der Waals surface area contributed by atoms with Crippen LogP contribution in [-0.2, 0) is 0 Å². The fourth-order valence-electron chi connectivity index (χ4n) is 1.49. The lowest BCUT2D eigenvalue weighted by Crippen LogP contribution is -2.27. The van der Waals surface area contributed by atoms with E-state index in [2.05, 4.69) is 26.1 Å². The molecule has 1 N–H and O–H groups in total. The Kier molecular flexibility index (Phi) is 5.65. The predicted octanol–water partition coefficient (Wildman–Crippen LogP) is 2.44. The van der Waals surface area contributed by atoms with Crippen LogP contribution in [0.1, 0.15) is 22.3 Å². The summed E-state index contributed by atoms with van der Waals surface area (Å²) >= 11 is 3.42. The van der Waals surface area contributed by atoms with E-state index in [0.29, 0.717) is 6.54 Å². The molecule has 1 aromatic carbocycles. The lowest BCUT2D eigenvalue weighted by Gasteiger charge is -2.10. The smallest absolute Gasteiger partial charge is 0.251 e. The first-order valence-electron chi connectivity index (χ1n) is 5.70. The molecule has 1 rings (SSSR count). The molecule has 1 aromatic rings. The van der Waals surface area contributed by atoms with Crippen molar-refractivity contribution in [1.82, 2.24) is 10.2 Å². The van der Waals surface area contributed by atoms with Crippen LogP contribution in [0, 0.1) is 6.92 Å². The van der Waals surface area contributed by atoms with Crippen molar-refractivity contribution >= 4 is 21.8 Å². The van der Waals surface area contributed by atoms with Gasteiger partial charge >= 0.3 is 0 Å². The largest absolute Gasteiger partial charge is 0.352 e. The SMILES string of the molecule is Cc1cc(C(=O)NCCCN(C)C)ccc1Br. The second-order valence-corrected chi connectivity index (χ2v) is 5.23. The number of carbonyl (C=O) groups is 1. The zero-order chi connectivity index (χ0) is 12.8. The molecule has 4 heteroatoms. The van der Waals surface area contributed by atoms with E-state index in [4.69, 9.17) is 0 Å². The third kappa shape index (κ3) is 4.88. The van der Waals surface area contributed by atoms with Crippen molar-refractivity contribution in [3.8, 4) is 0 Å². The quantitative estimate of drug-likeness (QED) is 0.847. The summed E-state index contributed by atoms with van der Waals surface area (Å²) in [5.41, 5.74) is 1.79. The molecule has 0 aromatic heterocycles. The van der Waals surface area contributed by atoms with Crippen LogP contribution in [-0.4, -0.2) is 38.0 Å². The van der Waals surface area contributed by atoms with Crippen molar-refractivity contribution in [1.29, 1.82) is 0 Å². The number of nitrogens with one attached hydrogen (secondary N) is 1. The maximum absolute atomic E-state index is 11.8. The Morgan fingerprint density at radius 2 is 2.12 bits per heavy atom. The number of carbonyl (C=O) groups excluding carboxylic acids is 1. The number of halogens is 1. The summed E-state index contributed by atoms with van der Waals surface area (Å²) in [4.78, 5) is 13.9. The van der Waals surface area contributed by atoms with Crippen LogP contribution in [0.2, 0.25) is 0 Å². The summed E-state index contributed by atoms with van der Waals surface area (Å²) in [5.74, 6) is -0.000596. The molecule has 0 fully saturated rings. The minimum Gasteiger partial charge on any atom is -0.352 e. The van der Waals surface area contributed by atoms with Gasteiger partial charge in [-0.2, -0.15) is 0 Å². The highest BCUT2D eigenvalue weighted by Gasteiger charge is 2.06. The molecule has 0 bridgehead atoms. The second-order valence-electron chi connectivity index (χ2n) is 4.38. The third-order valence-corrected chi connectivity index (χ3v) is 3.38. The first-order valence-corrected chi connectivity index (χ1v) is 6.49. The third-order valence-electron chi connectivity index (χ3n) is 2.49. The van der Waals surface area contributed by atoms with E-state index in [-0.39, 0.29) is 5.91 Å². The maximum Gasteiger partial charge on any atom is 0.251 e. The highest BCUT2D eigenvalue weighted by atomic mass is 79.9. The van der Waals surface area contributed by atoms with Gasteiger partial charge in [0.25, 0.3) is 5.91 Å². The monoisotopic (exact) mass is 298 g/mol. The van der Waals surface area contributed by atoms with E-state index in [1.54, 1.807) is 0 Å². The maximum atomic E-state index is 11.8. The summed E-state index contributed by atoms with van der Waals surface area (Å²) < 4.78 is 1.03. The second kappa shape index (κ2) is 6.77. The van der Waals surface area contributed by atoms with E-state index in [1.807, 2.05) is 39.2 Å². The molecule has 0 atom stereocenters. The van der Waals surface area contributed by atoms with Crippen molar-refractivity contribution in [3.05, 3.63) is 33.8 Å². The van der Waals surface area contributed by atoms with E-state index in [0.717, 1.165) is 28.6 Å². The molecular formula is C13H19BrN2O. The summed E-state index contributed by atoms with van der Waals surface area (Å²) in [6.07, 6.45) is 0.967. The number of rotatable bonds is 5. The van der Waals surface area contributed by atoms with Crippen molar-refractivity contribution < 1.29 is 4.79 Å². The number of hydrogen-bond donors (Lipinski definition) is 1. The van der Waals surface area contributed by atoms with Gasteiger partial charge in [-0.3, -0.25) is 4.79 Å². The average Bonchev–Trinajstić information content (AvgIpc) is 2.27. The number of benzene rings is 1. The van der Waals surface area contributed by atoms with Gasteiger partial charge < -0.3 is 10.2 Å². The number of amides is 1. The molecule has 1 amide bonds. The molecule has 0 saturated heterocycles. The Morgan fingerprint density at radius 1 is 1.41 bits per heavy atom. The molecular weight excluding hydrogens is 280 g/mol. The predicted molar refractivity (Wildman–Crippen MR) is 74.4 cm³/mol. The topological polar surface area (TPSA) is 32.3 Å². The van der Waals surface area contributed by atoms with Crippen LogP contribution in [0.4, 0.5) is 0 Å². The van der Waals surface area contributed by atoms with E-state index >= 15 is 0 Å². The highest BCUT2D eigenvalue weighted by Crippen LogP contribution is 2.16. The first-order chi connectivity index (χ1) is 8.00. The van der Waals surface area contributed by atoms with Gasteiger partial charge in [-0.25, -0.2) is 0 Å². The Balaban J connectivity index is 2.44. The molecule has 3 nitrogen and oxygen atoms in total. The minimum absolute atomic E-state index is 0.000596. The van der Waals surface area contributed by atoms with Gasteiger partial charge in [0, 0.05) is 16.6 Å². The Morgan fingerprint density at radius 3 is 2.71 bits per heavy atom. The molecule has 0 radical (unpaired) electrons. The molecule has 94 valence electrons. The van der Waals surface area contributed by atoms with Gasteiger partial charge in [-0.05, 0) is 57.7 Å². The van der Waals surface area contributed by atoms with Crippen LogP contribution >= 0.6 is 15.9 Å². The minimum atomic E-state index is -0.000596. The summed E-state index contributed by atoms with van der Waals surface area (Å²) in [5, 5.41) is 2.92. The van der Waals surface area contributed by atoms with Crippen molar-refractivity contribution in [2.45, 2.75) is 13.3 Å². The van der Waals surface area contributed by atoms with Gasteiger partial charge in [0.2, 0.25) is 0 Å². The van der Waals surface area contributed by atoms with Crippen LogP contribution in [0.5, 0.6) is 0 Å². The zero-order valence-electron chi connectivity index (χ0n) is 10.6. The lowest BCUT2D eigenvalue weighted by molar-refractivity contribution is 0.0952. The van der Waals surface area contributed by atoms with E-state index in [9.17, 15) is 4.79 Å². The van der Waals surface area contributed by atoms with Gasteiger partial charge in [-0.1, -0.05) is 15.9 Å². The Labute approximate surface area is 111 Å². The molecule has 0 aliphatic rings. The summed E-state index contributed by atoms with van der Waals surface area (Å²) in [6, 6.07) is 5.63. The average molecular weight is 299 g/mol. The van der Waals surface area contributed by atoms with Crippen LogP contribution in [0.15, 0.2) is 22.7 Å². The lowest BCUT2D eigenvalue weighted by atomic mass is 10.1. The fraction of sp³-hybridized carbons (Fsp3) is 0.462. The summed E-state index contributed by atoms with van der Waals surface area (Å²) in [7, 11) is 4.06. The highest BCUT2D eigenvalue weighted by molar-refractivity contribution is 9.10. The molecule has 0 unspecified atom stereocenters. The van der Waals surface area contributed by atoms with Crippen molar-refractivity contribution in [2.24, 2.45) is 0 Å². The van der Waals surface area contributed by atoms with E-state index in [1.165, 1.54) is 0 Å². The number of nitrogens with zero attached hydrogens (tertiary/aromatic N) is 1. The van der Waals surface area contributed by atoms with Crippen LogP contribution < -0.4 is 5.32 Å². The Hall–Kier alpha value is -0.870. The molecule has 17 heavy (non-hydrogen) atoms. The normalized spacial score (nSPS) is 10.6. The van der Waals surface area contributed by atoms with Crippen LogP contribution in [0.3, 0.4) is 0 Å².